The zero-order valence-corrected chi connectivity index (χ0v) is 11.5. The van der Waals surface area contributed by atoms with Crippen LogP contribution in [0, 0.1) is 0 Å². The second-order valence-corrected chi connectivity index (χ2v) is 6.31. The van der Waals surface area contributed by atoms with Crippen LogP contribution in [-0.2, 0) is 6.42 Å². The average molecular weight is 257 g/mol. The van der Waals surface area contributed by atoms with Crippen LogP contribution in [-0.4, -0.2) is 26.4 Å². The molecule has 0 aromatic carbocycles. The Bertz CT molecular complexity index is 327. The van der Waals surface area contributed by atoms with E-state index in [1.807, 2.05) is 0 Å². The molecule has 0 saturated heterocycles. The van der Waals surface area contributed by atoms with Crippen molar-refractivity contribution in [1.82, 2.24) is 9.36 Å². The summed E-state index contributed by atoms with van der Waals surface area (Å²) in [5.74, 6) is 2.17. The second-order valence-electron chi connectivity index (χ2n) is 4.04. The van der Waals surface area contributed by atoms with Crippen molar-refractivity contribution in [3.05, 3.63) is 5.82 Å². The lowest BCUT2D eigenvalue weighted by molar-refractivity contribution is 0.765. The monoisotopic (exact) mass is 257 g/mol. The minimum Gasteiger partial charge on any atom is -0.356 e. The van der Waals surface area contributed by atoms with Gasteiger partial charge in [0, 0.05) is 29.2 Å². The topological polar surface area (TPSA) is 37.8 Å². The van der Waals surface area contributed by atoms with E-state index in [9.17, 15) is 0 Å². The third kappa shape index (κ3) is 2.88. The molecule has 90 valence electrons. The van der Waals surface area contributed by atoms with E-state index in [2.05, 4.69) is 40.3 Å². The highest BCUT2D eigenvalue weighted by molar-refractivity contribution is 7.99. The minimum atomic E-state index is 0.600. The van der Waals surface area contributed by atoms with E-state index in [-0.39, 0.29) is 0 Å². The summed E-state index contributed by atoms with van der Waals surface area (Å²) in [6.07, 6.45) is 4.89. The van der Waals surface area contributed by atoms with Crippen LogP contribution >= 0.6 is 23.3 Å². The van der Waals surface area contributed by atoms with Gasteiger partial charge in [0.15, 0.2) is 0 Å². The van der Waals surface area contributed by atoms with Gasteiger partial charge in [-0.2, -0.15) is 16.1 Å². The van der Waals surface area contributed by atoms with E-state index in [1.165, 1.54) is 36.5 Å². The van der Waals surface area contributed by atoms with Crippen LogP contribution in [0.15, 0.2) is 0 Å². The fourth-order valence-corrected chi connectivity index (χ4v) is 4.03. The molecule has 1 aliphatic carbocycles. The van der Waals surface area contributed by atoms with E-state index in [0.29, 0.717) is 6.04 Å². The van der Waals surface area contributed by atoms with Gasteiger partial charge in [0.25, 0.3) is 0 Å². The van der Waals surface area contributed by atoms with Crippen LogP contribution < -0.4 is 5.32 Å². The summed E-state index contributed by atoms with van der Waals surface area (Å²) in [5.41, 5.74) is 0. The highest BCUT2D eigenvalue weighted by Gasteiger charge is 2.27. The largest absolute Gasteiger partial charge is 0.356 e. The van der Waals surface area contributed by atoms with Crippen molar-refractivity contribution in [2.24, 2.45) is 0 Å². The average Bonchev–Trinajstić information content (AvgIpc) is 2.90. The Morgan fingerprint density at radius 3 is 3.00 bits per heavy atom. The van der Waals surface area contributed by atoms with E-state index in [4.69, 9.17) is 0 Å². The minimum absolute atomic E-state index is 0.600. The molecule has 1 fully saturated rings. The standard InChI is InChI=1S/C11H19N3S2/c1-3-10-13-11(16-14-10)12-8-6-5-7-9(8)15-4-2/h8-9H,3-7H2,1-2H3,(H,12,13,14). The lowest BCUT2D eigenvalue weighted by Crippen LogP contribution is -2.26. The molecule has 1 heterocycles. The number of nitrogens with zero attached hydrogens (tertiary/aromatic N) is 2. The molecule has 1 saturated carbocycles. The van der Waals surface area contributed by atoms with Gasteiger partial charge in [0.05, 0.1) is 0 Å². The van der Waals surface area contributed by atoms with Crippen LogP contribution in [0.1, 0.15) is 38.9 Å². The summed E-state index contributed by atoms with van der Waals surface area (Å²) in [7, 11) is 0. The van der Waals surface area contributed by atoms with Gasteiger partial charge in [-0.05, 0) is 18.6 Å². The van der Waals surface area contributed by atoms with Crippen molar-refractivity contribution in [3.63, 3.8) is 0 Å². The number of anilines is 1. The van der Waals surface area contributed by atoms with Crippen LogP contribution in [0.4, 0.5) is 5.13 Å². The zero-order chi connectivity index (χ0) is 11.4. The molecule has 0 spiro atoms. The van der Waals surface area contributed by atoms with Crippen molar-refractivity contribution in [2.45, 2.75) is 50.8 Å². The van der Waals surface area contributed by atoms with Crippen molar-refractivity contribution < 1.29 is 0 Å². The Kier molecular flexibility index (Phi) is 4.46. The Morgan fingerprint density at radius 2 is 2.31 bits per heavy atom. The highest BCUT2D eigenvalue weighted by Crippen LogP contribution is 2.32. The van der Waals surface area contributed by atoms with Gasteiger partial charge >= 0.3 is 0 Å². The molecular formula is C11H19N3S2. The molecule has 1 aromatic heterocycles. The maximum Gasteiger partial charge on any atom is 0.202 e. The predicted molar refractivity (Wildman–Crippen MR) is 72.5 cm³/mol. The first-order valence-electron chi connectivity index (χ1n) is 6.04. The third-order valence-electron chi connectivity index (χ3n) is 2.93. The molecule has 0 aliphatic heterocycles. The van der Waals surface area contributed by atoms with Crippen molar-refractivity contribution in [1.29, 1.82) is 0 Å². The molecule has 2 rings (SSSR count). The maximum absolute atomic E-state index is 4.47. The summed E-state index contributed by atoms with van der Waals surface area (Å²) >= 11 is 3.57. The van der Waals surface area contributed by atoms with E-state index in [0.717, 1.165) is 22.6 Å². The number of hydrogen-bond acceptors (Lipinski definition) is 5. The first-order valence-corrected chi connectivity index (χ1v) is 7.86. The van der Waals surface area contributed by atoms with Gasteiger partial charge < -0.3 is 5.32 Å². The summed E-state index contributed by atoms with van der Waals surface area (Å²) in [6, 6.07) is 0.600. The summed E-state index contributed by atoms with van der Waals surface area (Å²) in [5, 5.41) is 5.32. The molecule has 5 heteroatoms. The number of aromatic nitrogens is 2. The summed E-state index contributed by atoms with van der Waals surface area (Å²) in [4.78, 5) is 4.47. The smallest absolute Gasteiger partial charge is 0.202 e. The van der Waals surface area contributed by atoms with Crippen LogP contribution in [0.2, 0.25) is 0 Å². The maximum atomic E-state index is 4.47. The zero-order valence-electron chi connectivity index (χ0n) is 9.90. The van der Waals surface area contributed by atoms with Gasteiger partial charge in [-0.15, -0.1) is 0 Å². The van der Waals surface area contributed by atoms with Gasteiger partial charge in [0.1, 0.15) is 5.82 Å². The van der Waals surface area contributed by atoms with E-state index < -0.39 is 0 Å². The quantitative estimate of drug-likeness (QED) is 0.879. The molecule has 16 heavy (non-hydrogen) atoms. The van der Waals surface area contributed by atoms with Gasteiger partial charge in [-0.3, -0.25) is 0 Å². The first kappa shape index (κ1) is 12.2. The highest BCUT2D eigenvalue weighted by atomic mass is 32.2. The summed E-state index contributed by atoms with van der Waals surface area (Å²) < 4.78 is 4.31. The third-order valence-corrected chi connectivity index (χ3v) is 4.94. The number of hydrogen-bond donors (Lipinski definition) is 1. The molecule has 2 atom stereocenters. The van der Waals surface area contributed by atoms with Crippen molar-refractivity contribution in [2.75, 3.05) is 11.1 Å². The number of nitrogens with one attached hydrogen (secondary N) is 1. The molecule has 0 bridgehead atoms. The van der Waals surface area contributed by atoms with E-state index >= 15 is 0 Å². The molecule has 1 aliphatic rings. The fraction of sp³-hybridized carbons (Fsp3) is 0.818. The van der Waals surface area contributed by atoms with Gasteiger partial charge in [-0.1, -0.05) is 20.3 Å². The summed E-state index contributed by atoms with van der Waals surface area (Å²) in [6.45, 7) is 4.33. The molecule has 0 amide bonds. The molecule has 1 N–H and O–H groups in total. The molecule has 1 aromatic rings. The molecule has 0 radical (unpaired) electrons. The SMILES string of the molecule is CCSC1CCCC1Nc1nc(CC)ns1. The number of thioether (sulfide) groups is 1. The lowest BCUT2D eigenvalue weighted by atomic mass is 10.2. The number of rotatable bonds is 5. The van der Waals surface area contributed by atoms with Gasteiger partial charge in [-0.25, -0.2) is 4.98 Å². The molecule has 2 unspecified atom stereocenters. The van der Waals surface area contributed by atoms with E-state index in [1.54, 1.807) is 0 Å². The van der Waals surface area contributed by atoms with Crippen LogP contribution in [0.5, 0.6) is 0 Å². The lowest BCUT2D eigenvalue weighted by Gasteiger charge is -2.19. The normalized spacial score (nSPS) is 24.9. The first-order chi connectivity index (χ1) is 7.83. The Balaban J connectivity index is 1.92. The van der Waals surface area contributed by atoms with Crippen molar-refractivity contribution >= 4 is 28.4 Å². The second kappa shape index (κ2) is 5.87. The van der Waals surface area contributed by atoms with Crippen LogP contribution in [0.25, 0.3) is 0 Å². The fourth-order valence-electron chi connectivity index (χ4n) is 2.12. The molecular weight excluding hydrogens is 238 g/mol. The van der Waals surface area contributed by atoms with Crippen molar-refractivity contribution in [3.8, 4) is 0 Å². The predicted octanol–water partition coefficient (Wildman–Crippen LogP) is 3.19. The Labute approximate surface area is 106 Å². The Morgan fingerprint density at radius 1 is 1.44 bits per heavy atom. The van der Waals surface area contributed by atoms with Gasteiger partial charge in [0.2, 0.25) is 5.13 Å². The number of aryl methyl sites for hydroxylation is 1. The Hall–Kier alpha value is -0.290. The molecule has 3 nitrogen and oxygen atoms in total. The van der Waals surface area contributed by atoms with Crippen LogP contribution in [0.3, 0.4) is 0 Å².